The lowest BCUT2D eigenvalue weighted by atomic mass is 10.1. The van der Waals surface area contributed by atoms with Gasteiger partial charge < -0.3 is 5.11 Å². The van der Waals surface area contributed by atoms with E-state index in [0.717, 1.165) is 18.5 Å². The number of aromatic nitrogens is 2. The van der Waals surface area contributed by atoms with Crippen LogP contribution in [0.1, 0.15) is 29.3 Å². The monoisotopic (exact) mass is 280 g/mol. The van der Waals surface area contributed by atoms with Gasteiger partial charge in [0.15, 0.2) is 0 Å². The van der Waals surface area contributed by atoms with Gasteiger partial charge in [-0.05, 0) is 30.2 Å². The zero-order chi connectivity index (χ0) is 14.8. The van der Waals surface area contributed by atoms with Crippen molar-refractivity contribution in [1.82, 2.24) is 9.55 Å². The summed E-state index contributed by atoms with van der Waals surface area (Å²) in [6.45, 7) is 2.13. The van der Waals surface area contributed by atoms with E-state index >= 15 is 0 Å². The second kappa shape index (κ2) is 5.40. The first kappa shape index (κ1) is 13.4. The third-order valence-electron chi connectivity index (χ3n) is 3.57. The number of imidazole rings is 1. The average molecular weight is 280 g/mol. The summed E-state index contributed by atoms with van der Waals surface area (Å²) >= 11 is 0. The van der Waals surface area contributed by atoms with Crippen molar-refractivity contribution >= 4 is 17.0 Å². The van der Waals surface area contributed by atoms with Crippen LogP contribution in [0.2, 0.25) is 0 Å². The highest BCUT2D eigenvalue weighted by atomic mass is 16.4. The molecular formula is C17H16N2O2. The van der Waals surface area contributed by atoms with E-state index in [-0.39, 0.29) is 5.56 Å². The minimum Gasteiger partial charge on any atom is -0.478 e. The zero-order valence-corrected chi connectivity index (χ0v) is 11.8. The number of aromatic carboxylic acids is 1. The highest BCUT2D eigenvalue weighted by molar-refractivity contribution is 6.01. The van der Waals surface area contributed by atoms with Crippen molar-refractivity contribution < 1.29 is 9.90 Å². The van der Waals surface area contributed by atoms with Crippen molar-refractivity contribution in [2.24, 2.45) is 0 Å². The molecule has 3 aromatic rings. The molecule has 1 heterocycles. The Morgan fingerprint density at radius 2 is 2.00 bits per heavy atom. The minimum absolute atomic E-state index is 0.274. The number of carboxylic acids is 1. The van der Waals surface area contributed by atoms with Gasteiger partial charge in [0.05, 0.1) is 22.3 Å². The Morgan fingerprint density at radius 3 is 2.76 bits per heavy atom. The van der Waals surface area contributed by atoms with Crippen LogP contribution in [0.3, 0.4) is 0 Å². The standard InChI is InChI=1S/C17H16N2O2/c1-2-6-12-7-3-4-10-15(12)19-11-18-14-9-5-8-13(16(14)19)17(20)21/h3-5,7-11H,2,6H2,1H3,(H,20,21). The van der Waals surface area contributed by atoms with E-state index < -0.39 is 5.97 Å². The van der Waals surface area contributed by atoms with Gasteiger partial charge in [0, 0.05) is 0 Å². The number of hydrogen-bond donors (Lipinski definition) is 1. The van der Waals surface area contributed by atoms with Gasteiger partial charge >= 0.3 is 5.97 Å². The maximum Gasteiger partial charge on any atom is 0.337 e. The van der Waals surface area contributed by atoms with Crippen molar-refractivity contribution in [1.29, 1.82) is 0 Å². The van der Waals surface area contributed by atoms with Crippen LogP contribution in [0.4, 0.5) is 0 Å². The van der Waals surface area contributed by atoms with Gasteiger partial charge in [-0.2, -0.15) is 0 Å². The fourth-order valence-electron chi connectivity index (χ4n) is 2.65. The van der Waals surface area contributed by atoms with Gasteiger partial charge in [0.1, 0.15) is 6.33 Å². The molecule has 0 spiro atoms. The van der Waals surface area contributed by atoms with Crippen LogP contribution in [0, 0.1) is 0 Å². The molecule has 0 aliphatic heterocycles. The predicted molar refractivity (Wildman–Crippen MR) is 82.0 cm³/mol. The van der Waals surface area contributed by atoms with Gasteiger partial charge in [-0.15, -0.1) is 0 Å². The van der Waals surface area contributed by atoms with Crippen LogP contribution < -0.4 is 0 Å². The van der Waals surface area contributed by atoms with Crippen molar-refractivity contribution in [3.05, 3.63) is 59.9 Å². The molecule has 106 valence electrons. The van der Waals surface area contributed by atoms with E-state index in [1.807, 2.05) is 28.8 Å². The molecule has 0 saturated carbocycles. The van der Waals surface area contributed by atoms with Crippen molar-refractivity contribution in [2.75, 3.05) is 0 Å². The van der Waals surface area contributed by atoms with Gasteiger partial charge in [-0.1, -0.05) is 37.6 Å². The molecule has 0 radical (unpaired) electrons. The molecule has 2 aromatic carbocycles. The Bertz CT molecular complexity index is 805. The summed E-state index contributed by atoms with van der Waals surface area (Å²) in [7, 11) is 0. The lowest BCUT2D eigenvalue weighted by Crippen LogP contribution is -2.03. The molecule has 4 heteroatoms. The maximum absolute atomic E-state index is 11.5. The van der Waals surface area contributed by atoms with Crippen LogP contribution in [0.25, 0.3) is 16.7 Å². The summed E-state index contributed by atoms with van der Waals surface area (Å²) in [4.78, 5) is 15.8. The van der Waals surface area contributed by atoms with Crippen LogP contribution in [0.15, 0.2) is 48.8 Å². The quantitative estimate of drug-likeness (QED) is 0.793. The number of para-hydroxylation sites is 2. The van der Waals surface area contributed by atoms with Gasteiger partial charge in [0.2, 0.25) is 0 Å². The third-order valence-corrected chi connectivity index (χ3v) is 3.57. The number of benzene rings is 2. The van der Waals surface area contributed by atoms with Crippen LogP contribution in [0.5, 0.6) is 0 Å². The lowest BCUT2D eigenvalue weighted by molar-refractivity contribution is 0.0698. The Kier molecular flexibility index (Phi) is 3.44. The number of fused-ring (bicyclic) bond motifs is 1. The zero-order valence-electron chi connectivity index (χ0n) is 11.8. The number of carboxylic acid groups (broad SMARTS) is 1. The minimum atomic E-state index is -0.935. The van der Waals surface area contributed by atoms with E-state index in [2.05, 4.69) is 18.0 Å². The van der Waals surface area contributed by atoms with Gasteiger partial charge in [-0.3, -0.25) is 4.57 Å². The molecule has 4 nitrogen and oxygen atoms in total. The Hall–Kier alpha value is -2.62. The first-order valence-corrected chi connectivity index (χ1v) is 7.00. The number of hydrogen-bond acceptors (Lipinski definition) is 2. The Morgan fingerprint density at radius 1 is 1.19 bits per heavy atom. The number of nitrogens with zero attached hydrogens (tertiary/aromatic N) is 2. The molecule has 1 aromatic heterocycles. The Labute approximate surface area is 122 Å². The molecule has 0 unspecified atom stereocenters. The summed E-state index contributed by atoms with van der Waals surface area (Å²) in [6, 6.07) is 13.2. The first-order chi connectivity index (χ1) is 10.2. The van der Waals surface area contributed by atoms with Crippen LogP contribution >= 0.6 is 0 Å². The summed E-state index contributed by atoms with van der Waals surface area (Å²) in [5.41, 5.74) is 3.81. The topological polar surface area (TPSA) is 55.1 Å². The van der Waals surface area contributed by atoms with Crippen molar-refractivity contribution in [3.8, 4) is 5.69 Å². The molecule has 0 aliphatic carbocycles. The van der Waals surface area contributed by atoms with Gasteiger partial charge in [0.25, 0.3) is 0 Å². The fraction of sp³-hybridized carbons (Fsp3) is 0.176. The second-order valence-electron chi connectivity index (χ2n) is 4.97. The molecule has 1 N–H and O–H groups in total. The smallest absolute Gasteiger partial charge is 0.337 e. The molecule has 0 amide bonds. The molecule has 21 heavy (non-hydrogen) atoms. The SMILES string of the molecule is CCCc1ccccc1-n1cnc2cccc(C(=O)O)c21. The second-order valence-corrected chi connectivity index (χ2v) is 4.97. The number of aryl methyl sites for hydroxylation is 1. The van der Waals surface area contributed by atoms with Crippen molar-refractivity contribution in [3.63, 3.8) is 0 Å². The summed E-state index contributed by atoms with van der Waals surface area (Å²) in [6.07, 6.45) is 3.69. The third kappa shape index (κ3) is 2.29. The van der Waals surface area contributed by atoms with Gasteiger partial charge in [-0.25, -0.2) is 9.78 Å². The molecule has 0 bridgehead atoms. The summed E-state index contributed by atoms with van der Waals surface area (Å²) in [5.74, 6) is -0.935. The average Bonchev–Trinajstić information content (AvgIpc) is 2.92. The van der Waals surface area contributed by atoms with E-state index in [4.69, 9.17) is 0 Å². The number of rotatable bonds is 4. The molecule has 0 saturated heterocycles. The predicted octanol–water partition coefficient (Wildman–Crippen LogP) is 3.68. The molecule has 0 aliphatic rings. The largest absolute Gasteiger partial charge is 0.478 e. The highest BCUT2D eigenvalue weighted by Gasteiger charge is 2.15. The summed E-state index contributed by atoms with van der Waals surface area (Å²) in [5, 5.41) is 9.40. The Balaban J connectivity index is 2.29. The van der Waals surface area contributed by atoms with Crippen LogP contribution in [-0.4, -0.2) is 20.6 Å². The fourth-order valence-corrected chi connectivity index (χ4v) is 2.65. The summed E-state index contributed by atoms with van der Waals surface area (Å²) < 4.78 is 1.88. The van der Waals surface area contributed by atoms with Crippen molar-refractivity contribution in [2.45, 2.75) is 19.8 Å². The maximum atomic E-state index is 11.5. The number of carbonyl (C=O) groups is 1. The van der Waals surface area contributed by atoms with E-state index in [1.165, 1.54) is 5.56 Å². The van der Waals surface area contributed by atoms with E-state index in [1.54, 1.807) is 18.5 Å². The molecule has 3 rings (SSSR count). The normalized spacial score (nSPS) is 10.9. The van der Waals surface area contributed by atoms with Crippen LogP contribution in [-0.2, 0) is 6.42 Å². The highest BCUT2D eigenvalue weighted by Crippen LogP contribution is 2.24. The molecule has 0 fully saturated rings. The van der Waals surface area contributed by atoms with E-state index in [9.17, 15) is 9.90 Å². The molecule has 0 atom stereocenters. The first-order valence-electron chi connectivity index (χ1n) is 7.00. The lowest BCUT2D eigenvalue weighted by Gasteiger charge is -2.11. The molecular weight excluding hydrogens is 264 g/mol. The van der Waals surface area contributed by atoms with E-state index in [0.29, 0.717) is 11.0 Å².